The van der Waals surface area contributed by atoms with E-state index in [1.807, 2.05) is 13.8 Å². The number of thiophene rings is 1. The molecule has 2 rings (SSSR count). The van der Waals surface area contributed by atoms with Gasteiger partial charge in [-0.1, -0.05) is 0 Å². The average Bonchev–Trinajstić information content (AvgIpc) is 2.81. The maximum Gasteiger partial charge on any atom is 0.228 e. The van der Waals surface area contributed by atoms with Crippen molar-refractivity contribution in [1.82, 2.24) is 0 Å². The van der Waals surface area contributed by atoms with Crippen LogP contribution in [0.3, 0.4) is 0 Å². The zero-order chi connectivity index (χ0) is 12.6. The topological polar surface area (TPSA) is 44.1 Å². The normalized spacial score (nSPS) is 19.8. The summed E-state index contributed by atoms with van der Waals surface area (Å²) in [4.78, 5) is 14.8. The van der Waals surface area contributed by atoms with Crippen molar-refractivity contribution in [3.05, 3.63) is 16.0 Å². The number of hydrogen-bond acceptors (Lipinski definition) is 4. The van der Waals surface area contributed by atoms with E-state index in [-0.39, 0.29) is 5.91 Å². The number of carbonyl (C=O) groups excluding carboxylic acids is 1. The second kappa shape index (κ2) is 4.71. The van der Waals surface area contributed by atoms with Gasteiger partial charge in [-0.25, -0.2) is 0 Å². The van der Waals surface area contributed by atoms with E-state index in [4.69, 9.17) is 0 Å². The van der Waals surface area contributed by atoms with Crippen molar-refractivity contribution >= 4 is 34.9 Å². The van der Waals surface area contributed by atoms with Gasteiger partial charge in [0.1, 0.15) is 11.1 Å². The molecule has 0 N–H and O–H groups in total. The van der Waals surface area contributed by atoms with E-state index >= 15 is 0 Å². The van der Waals surface area contributed by atoms with Crippen LogP contribution in [0.5, 0.6) is 0 Å². The first kappa shape index (κ1) is 12.5. The minimum atomic E-state index is 0.113. The van der Waals surface area contributed by atoms with Gasteiger partial charge in [-0.05, 0) is 31.1 Å². The Morgan fingerprint density at radius 2 is 2.29 bits per heavy atom. The van der Waals surface area contributed by atoms with Crippen LogP contribution in [0.15, 0.2) is 0 Å². The molecule has 2 heterocycles. The number of amides is 1. The van der Waals surface area contributed by atoms with E-state index in [0.29, 0.717) is 30.2 Å². The van der Waals surface area contributed by atoms with E-state index < -0.39 is 0 Å². The van der Waals surface area contributed by atoms with Crippen LogP contribution in [-0.2, 0) is 4.79 Å². The highest BCUT2D eigenvalue weighted by atomic mass is 32.1. The van der Waals surface area contributed by atoms with Crippen molar-refractivity contribution in [2.45, 2.75) is 20.3 Å². The van der Waals surface area contributed by atoms with E-state index in [9.17, 15) is 10.1 Å². The minimum absolute atomic E-state index is 0.113. The molecule has 0 bridgehead atoms. The molecule has 1 aromatic rings. The smallest absolute Gasteiger partial charge is 0.228 e. The predicted octanol–water partition coefficient (Wildman–Crippen LogP) is 2.52. The van der Waals surface area contributed by atoms with Crippen LogP contribution in [0.25, 0.3) is 0 Å². The largest absolute Gasteiger partial charge is 0.302 e. The third-order valence-corrected chi connectivity index (χ3v) is 4.93. The lowest BCUT2D eigenvalue weighted by atomic mass is 10.1. The summed E-state index contributed by atoms with van der Waals surface area (Å²) in [5, 5.41) is 10.0. The van der Waals surface area contributed by atoms with Gasteiger partial charge in [-0.15, -0.1) is 11.3 Å². The number of thiol groups is 1. The molecular formula is C12H14N2OS2. The highest BCUT2D eigenvalue weighted by Crippen LogP contribution is 2.37. The van der Waals surface area contributed by atoms with Crippen LogP contribution >= 0.6 is 24.0 Å². The van der Waals surface area contributed by atoms with E-state index in [1.54, 1.807) is 4.90 Å². The number of anilines is 1. The molecule has 0 aliphatic carbocycles. The van der Waals surface area contributed by atoms with Crippen LogP contribution in [0, 0.1) is 31.1 Å². The van der Waals surface area contributed by atoms with Crippen molar-refractivity contribution in [3.63, 3.8) is 0 Å². The maximum atomic E-state index is 11.9. The highest BCUT2D eigenvalue weighted by Gasteiger charge is 2.32. The predicted molar refractivity (Wildman–Crippen MR) is 72.8 cm³/mol. The van der Waals surface area contributed by atoms with Gasteiger partial charge in [0.2, 0.25) is 5.91 Å². The second-order valence-electron chi connectivity index (χ2n) is 4.33. The number of aryl methyl sites for hydroxylation is 1. The van der Waals surface area contributed by atoms with Crippen molar-refractivity contribution in [3.8, 4) is 6.07 Å². The van der Waals surface area contributed by atoms with E-state index in [1.165, 1.54) is 11.3 Å². The first-order chi connectivity index (χ1) is 8.08. The molecule has 0 spiro atoms. The molecule has 0 radical (unpaired) electrons. The van der Waals surface area contributed by atoms with Crippen LogP contribution in [-0.4, -0.2) is 18.2 Å². The number of nitriles is 1. The Morgan fingerprint density at radius 1 is 1.59 bits per heavy atom. The Bertz CT molecular complexity index is 501. The molecule has 0 aromatic carbocycles. The SMILES string of the molecule is Cc1sc(N2CC(CS)CC2=O)c(C#N)c1C. The number of nitrogens with zero attached hydrogens (tertiary/aromatic N) is 2. The quantitative estimate of drug-likeness (QED) is 0.836. The zero-order valence-corrected chi connectivity index (χ0v) is 11.6. The molecule has 17 heavy (non-hydrogen) atoms. The van der Waals surface area contributed by atoms with Crippen molar-refractivity contribution in [2.24, 2.45) is 5.92 Å². The maximum absolute atomic E-state index is 11.9. The number of carbonyl (C=O) groups is 1. The van der Waals surface area contributed by atoms with Gasteiger partial charge in [-0.2, -0.15) is 17.9 Å². The molecule has 1 aliphatic heterocycles. The number of rotatable bonds is 2. The van der Waals surface area contributed by atoms with E-state index in [0.717, 1.165) is 15.4 Å². The van der Waals surface area contributed by atoms with Gasteiger partial charge >= 0.3 is 0 Å². The van der Waals surface area contributed by atoms with Crippen molar-refractivity contribution < 1.29 is 4.79 Å². The van der Waals surface area contributed by atoms with Crippen LogP contribution < -0.4 is 4.90 Å². The average molecular weight is 266 g/mol. The Morgan fingerprint density at radius 3 is 2.82 bits per heavy atom. The van der Waals surface area contributed by atoms with E-state index in [2.05, 4.69) is 18.7 Å². The molecule has 0 saturated carbocycles. The van der Waals surface area contributed by atoms with Gasteiger partial charge in [0.15, 0.2) is 0 Å². The summed E-state index contributed by atoms with van der Waals surface area (Å²) in [6, 6.07) is 2.21. The molecule has 1 atom stereocenters. The molecule has 1 aromatic heterocycles. The molecular weight excluding hydrogens is 252 g/mol. The Labute approximate surface area is 110 Å². The summed E-state index contributed by atoms with van der Waals surface area (Å²) >= 11 is 5.78. The molecule has 5 heteroatoms. The lowest BCUT2D eigenvalue weighted by Crippen LogP contribution is -2.24. The second-order valence-corrected chi connectivity index (χ2v) is 5.90. The van der Waals surface area contributed by atoms with Crippen LogP contribution in [0.2, 0.25) is 0 Å². The lowest BCUT2D eigenvalue weighted by Gasteiger charge is -2.14. The molecule has 1 saturated heterocycles. The molecule has 1 amide bonds. The monoisotopic (exact) mass is 266 g/mol. The standard InChI is InChI=1S/C12H14N2OS2/c1-7-8(2)17-12(10(7)4-13)14-5-9(6-16)3-11(14)15/h9,16H,3,5-6H2,1-2H3. The summed E-state index contributed by atoms with van der Waals surface area (Å²) in [6.07, 6.45) is 0.546. The molecule has 1 aliphatic rings. The minimum Gasteiger partial charge on any atom is -0.302 e. The summed E-state index contributed by atoms with van der Waals surface area (Å²) in [7, 11) is 0. The Hall–Kier alpha value is -0.990. The summed E-state index contributed by atoms with van der Waals surface area (Å²) in [5.41, 5.74) is 1.65. The summed E-state index contributed by atoms with van der Waals surface area (Å²) in [6.45, 7) is 4.61. The summed E-state index contributed by atoms with van der Waals surface area (Å²) in [5.74, 6) is 1.13. The fraction of sp³-hybridized carbons (Fsp3) is 0.500. The van der Waals surface area contributed by atoms with Gasteiger partial charge in [0.05, 0.1) is 5.56 Å². The lowest BCUT2D eigenvalue weighted by molar-refractivity contribution is -0.117. The number of hydrogen-bond donors (Lipinski definition) is 1. The summed E-state index contributed by atoms with van der Waals surface area (Å²) < 4.78 is 0. The molecule has 90 valence electrons. The van der Waals surface area contributed by atoms with Crippen molar-refractivity contribution in [1.29, 1.82) is 5.26 Å². The molecule has 1 unspecified atom stereocenters. The van der Waals surface area contributed by atoms with Gasteiger partial charge < -0.3 is 4.90 Å². The van der Waals surface area contributed by atoms with Gasteiger partial charge in [0, 0.05) is 17.8 Å². The Balaban J connectivity index is 2.39. The van der Waals surface area contributed by atoms with Gasteiger partial charge in [0.25, 0.3) is 0 Å². The van der Waals surface area contributed by atoms with Crippen LogP contribution in [0.4, 0.5) is 5.00 Å². The van der Waals surface area contributed by atoms with Crippen LogP contribution in [0.1, 0.15) is 22.4 Å². The third kappa shape index (κ3) is 2.07. The molecule has 1 fully saturated rings. The Kier molecular flexibility index (Phi) is 3.45. The van der Waals surface area contributed by atoms with Gasteiger partial charge in [-0.3, -0.25) is 4.79 Å². The van der Waals surface area contributed by atoms with Crippen molar-refractivity contribution in [2.75, 3.05) is 17.2 Å². The first-order valence-corrected chi connectivity index (χ1v) is 6.94. The zero-order valence-electron chi connectivity index (χ0n) is 9.86. The third-order valence-electron chi connectivity index (χ3n) is 3.19. The fourth-order valence-corrected chi connectivity index (χ4v) is 3.41. The first-order valence-electron chi connectivity index (χ1n) is 5.49. The fourth-order valence-electron chi connectivity index (χ4n) is 2.03. The highest BCUT2D eigenvalue weighted by molar-refractivity contribution is 7.80. The molecule has 3 nitrogen and oxygen atoms in total.